The summed E-state index contributed by atoms with van der Waals surface area (Å²) in [4.78, 5) is 22.0. The van der Waals surface area contributed by atoms with E-state index >= 15 is 0 Å². The molecule has 7 heteroatoms. The molecule has 2 heterocycles. The van der Waals surface area contributed by atoms with Crippen molar-refractivity contribution in [1.29, 1.82) is 0 Å². The molecule has 2 rings (SSSR count). The number of hydrogen-bond donors (Lipinski definition) is 2. The van der Waals surface area contributed by atoms with Crippen molar-refractivity contribution < 1.29 is 14.7 Å². The minimum atomic E-state index is -0.336. The highest BCUT2D eigenvalue weighted by Crippen LogP contribution is 2.25. The van der Waals surface area contributed by atoms with Crippen LogP contribution in [0.25, 0.3) is 0 Å². The SMILES string of the molecule is CCOc1ccnc(N(CCCCCCC(=O)NO)c2ccccn2)c1. The molecular weight excluding hydrogens is 332 g/mol. The smallest absolute Gasteiger partial charge is 0.243 e. The number of rotatable bonds is 11. The number of pyridine rings is 2. The molecule has 2 aromatic rings. The zero-order valence-electron chi connectivity index (χ0n) is 15.1. The molecule has 1 amide bonds. The molecule has 0 radical (unpaired) electrons. The van der Waals surface area contributed by atoms with Gasteiger partial charge >= 0.3 is 0 Å². The van der Waals surface area contributed by atoms with E-state index in [1.54, 1.807) is 17.9 Å². The molecule has 0 aromatic carbocycles. The molecule has 0 aliphatic rings. The van der Waals surface area contributed by atoms with Gasteiger partial charge in [-0.1, -0.05) is 18.9 Å². The second-order valence-corrected chi connectivity index (χ2v) is 5.82. The van der Waals surface area contributed by atoms with Crippen molar-refractivity contribution in [2.75, 3.05) is 18.1 Å². The van der Waals surface area contributed by atoms with Crippen molar-refractivity contribution in [1.82, 2.24) is 15.4 Å². The number of carbonyl (C=O) groups is 1. The van der Waals surface area contributed by atoms with Crippen molar-refractivity contribution in [2.24, 2.45) is 0 Å². The van der Waals surface area contributed by atoms with Crippen LogP contribution in [0, 0.1) is 0 Å². The molecule has 0 fully saturated rings. The van der Waals surface area contributed by atoms with Crippen molar-refractivity contribution >= 4 is 17.5 Å². The number of nitrogens with one attached hydrogen (secondary N) is 1. The third-order valence-corrected chi connectivity index (χ3v) is 3.89. The molecule has 0 spiro atoms. The van der Waals surface area contributed by atoms with E-state index in [1.165, 1.54) is 0 Å². The highest BCUT2D eigenvalue weighted by atomic mass is 16.5. The lowest BCUT2D eigenvalue weighted by atomic mass is 10.1. The zero-order valence-corrected chi connectivity index (χ0v) is 15.1. The average molecular weight is 358 g/mol. The Bertz CT molecular complexity index is 667. The van der Waals surface area contributed by atoms with Crippen molar-refractivity contribution in [2.45, 2.75) is 39.0 Å². The van der Waals surface area contributed by atoms with Gasteiger partial charge in [-0.3, -0.25) is 10.0 Å². The standard InChI is InChI=1S/C19H26N4O3/c1-2-26-16-11-13-21-18(15-16)23(17-9-6-7-12-20-17)14-8-4-3-5-10-19(24)22-25/h6-7,9,11-13,15,25H,2-5,8,10,14H2,1H3,(H,22,24). The Kier molecular flexibility index (Phi) is 8.35. The summed E-state index contributed by atoms with van der Waals surface area (Å²) in [6, 6.07) is 9.56. The lowest BCUT2D eigenvalue weighted by Gasteiger charge is -2.23. The van der Waals surface area contributed by atoms with Gasteiger partial charge < -0.3 is 9.64 Å². The van der Waals surface area contributed by atoms with E-state index < -0.39 is 0 Å². The summed E-state index contributed by atoms with van der Waals surface area (Å²) in [5, 5.41) is 8.49. The minimum absolute atomic E-state index is 0.336. The first kappa shape index (κ1) is 19.7. The van der Waals surface area contributed by atoms with E-state index in [0.29, 0.717) is 13.0 Å². The second-order valence-electron chi connectivity index (χ2n) is 5.82. The first-order valence-corrected chi connectivity index (χ1v) is 8.95. The molecule has 2 N–H and O–H groups in total. The van der Waals surface area contributed by atoms with Crippen molar-refractivity contribution in [3.63, 3.8) is 0 Å². The largest absolute Gasteiger partial charge is 0.494 e. The topological polar surface area (TPSA) is 87.6 Å². The quantitative estimate of drug-likeness (QED) is 0.363. The van der Waals surface area contributed by atoms with E-state index in [2.05, 4.69) is 14.9 Å². The summed E-state index contributed by atoms with van der Waals surface area (Å²) in [5.41, 5.74) is 1.66. The number of hydrogen-bond acceptors (Lipinski definition) is 6. The minimum Gasteiger partial charge on any atom is -0.494 e. The maximum atomic E-state index is 11.0. The van der Waals surface area contributed by atoms with Gasteiger partial charge in [-0.05, 0) is 38.0 Å². The third-order valence-electron chi connectivity index (χ3n) is 3.89. The van der Waals surface area contributed by atoms with Crippen LogP contribution in [-0.4, -0.2) is 34.2 Å². The van der Waals surface area contributed by atoms with Gasteiger partial charge in [0.25, 0.3) is 0 Å². The Morgan fingerprint density at radius 3 is 2.65 bits per heavy atom. The van der Waals surface area contributed by atoms with Gasteiger partial charge in [0.2, 0.25) is 5.91 Å². The lowest BCUT2D eigenvalue weighted by molar-refractivity contribution is -0.129. The van der Waals surface area contributed by atoms with Gasteiger partial charge in [-0.2, -0.15) is 0 Å². The van der Waals surface area contributed by atoms with E-state index in [1.807, 2.05) is 37.3 Å². The van der Waals surface area contributed by atoms with E-state index in [4.69, 9.17) is 9.94 Å². The Hall–Kier alpha value is -2.67. The van der Waals surface area contributed by atoms with Crippen LogP contribution >= 0.6 is 0 Å². The number of anilines is 2. The first-order chi connectivity index (χ1) is 12.7. The molecule has 26 heavy (non-hydrogen) atoms. The number of aromatic nitrogens is 2. The fourth-order valence-electron chi connectivity index (χ4n) is 2.63. The molecule has 0 aliphatic heterocycles. The van der Waals surface area contributed by atoms with Crippen LogP contribution in [0.2, 0.25) is 0 Å². The normalized spacial score (nSPS) is 10.4. The van der Waals surface area contributed by atoms with Crippen LogP contribution in [-0.2, 0) is 4.79 Å². The summed E-state index contributed by atoms with van der Waals surface area (Å²) in [5.74, 6) is 2.09. The van der Waals surface area contributed by atoms with Crippen LogP contribution in [0.4, 0.5) is 11.6 Å². The molecular formula is C19H26N4O3. The summed E-state index contributed by atoms with van der Waals surface area (Å²) in [6.45, 7) is 3.33. The second kappa shape index (κ2) is 11.0. The van der Waals surface area contributed by atoms with Gasteiger partial charge in [0.1, 0.15) is 17.4 Å². The predicted octanol–water partition coefficient (Wildman–Crippen LogP) is 3.47. The van der Waals surface area contributed by atoms with E-state index in [9.17, 15) is 4.79 Å². The fraction of sp³-hybridized carbons (Fsp3) is 0.421. The molecule has 0 aliphatic carbocycles. The molecule has 0 unspecified atom stereocenters. The van der Waals surface area contributed by atoms with Crippen LogP contribution in [0.15, 0.2) is 42.7 Å². The summed E-state index contributed by atoms with van der Waals surface area (Å²) < 4.78 is 5.58. The number of amides is 1. The van der Waals surface area contributed by atoms with Gasteiger partial charge in [-0.15, -0.1) is 0 Å². The number of carbonyl (C=O) groups excluding carboxylic acids is 1. The van der Waals surface area contributed by atoms with Gasteiger partial charge in [0, 0.05) is 31.4 Å². The monoisotopic (exact) mass is 358 g/mol. The number of ether oxygens (including phenoxy) is 1. The molecule has 7 nitrogen and oxygen atoms in total. The fourth-order valence-corrected chi connectivity index (χ4v) is 2.63. The highest BCUT2D eigenvalue weighted by molar-refractivity contribution is 5.74. The Labute approximate surface area is 154 Å². The van der Waals surface area contributed by atoms with E-state index in [-0.39, 0.29) is 5.91 Å². The number of unbranched alkanes of at least 4 members (excludes halogenated alkanes) is 3. The maximum absolute atomic E-state index is 11.0. The van der Waals surface area contributed by atoms with Crippen molar-refractivity contribution in [3.05, 3.63) is 42.7 Å². The molecule has 0 bridgehead atoms. The molecule has 2 aromatic heterocycles. The molecule has 140 valence electrons. The van der Waals surface area contributed by atoms with Gasteiger partial charge in [0.15, 0.2) is 0 Å². The van der Waals surface area contributed by atoms with Crippen molar-refractivity contribution in [3.8, 4) is 5.75 Å². The predicted molar refractivity (Wildman–Crippen MR) is 99.7 cm³/mol. The number of hydroxylamine groups is 1. The van der Waals surface area contributed by atoms with Gasteiger partial charge in [-0.25, -0.2) is 15.4 Å². The summed E-state index contributed by atoms with van der Waals surface area (Å²) in [7, 11) is 0. The molecule has 0 atom stereocenters. The van der Waals surface area contributed by atoms with Crippen LogP contribution in [0.3, 0.4) is 0 Å². The maximum Gasteiger partial charge on any atom is 0.243 e. The zero-order chi connectivity index (χ0) is 18.6. The third kappa shape index (κ3) is 6.33. The van der Waals surface area contributed by atoms with E-state index in [0.717, 1.165) is 49.6 Å². The Morgan fingerprint density at radius 2 is 1.92 bits per heavy atom. The average Bonchev–Trinajstić information content (AvgIpc) is 2.68. The van der Waals surface area contributed by atoms with Crippen LogP contribution in [0.1, 0.15) is 39.0 Å². The Balaban J connectivity index is 1.97. The molecule has 0 saturated heterocycles. The van der Waals surface area contributed by atoms with Gasteiger partial charge in [0.05, 0.1) is 6.61 Å². The first-order valence-electron chi connectivity index (χ1n) is 8.95. The summed E-state index contributed by atoms with van der Waals surface area (Å²) >= 11 is 0. The Morgan fingerprint density at radius 1 is 1.12 bits per heavy atom. The van der Waals surface area contributed by atoms with Crippen LogP contribution in [0.5, 0.6) is 5.75 Å². The lowest BCUT2D eigenvalue weighted by Crippen LogP contribution is -2.21. The van der Waals surface area contributed by atoms with Crippen LogP contribution < -0.4 is 15.1 Å². The number of nitrogens with zero attached hydrogens (tertiary/aromatic N) is 3. The highest BCUT2D eigenvalue weighted by Gasteiger charge is 2.12. The summed E-state index contributed by atoms with van der Waals surface area (Å²) in [6.07, 6.45) is 7.46. The molecule has 0 saturated carbocycles.